The zero-order valence-corrected chi connectivity index (χ0v) is 13.7. The van der Waals surface area contributed by atoms with Gasteiger partial charge in [0.05, 0.1) is 0 Å². The van der Waals surface area contributed by atoms with Crippen LogP contribution in [0.2, 0.25) is 0 Å². The lowest BCUT2D eigenvalue weighted by Gasteiger charge is -2.08. The molecule has 6 nitrogen and oxygen atoms in total. The maximum absolute atomic E-state index is 11.5. The maximum Gasteiger partial charge on any atom is 0.258 e. The van der Waals surface area contributed by atoms with Gasteiger partial charge in [-0.25, -0.2) is 0 Å². The van der Waals surface area contributed by atoms with Gasteiger partial charge in [0.15, 0.2) is 12.6 Å². The molecule has 6 heteroatoms. The molecule has 0 radical (unpaired) electrons. The lowest BCUT2D eigenvalue weighted by atomic mass is 10.1. The largest absolute Gasteiger partial charge is 0.484 e. The van der Waals surface area contributed by atoms with Crippen LogP contribution in [0.15, 0.2) is 29.3 Å². The number of hydrogen-bond acceptors (Lipinski definition) is 3. The number of carbonyl (C=O) groups is 1. The molecule has 1 aromatic rings. The molecule has 1 amide bonds. The molecule has 23 heavy (non-hydrogen) atoms. The first-order chi connectivity index (χ1) is 11.2. The monoisotopic (exact) mass is 318 g/mol. The second-order valence-electron chi connectivity index (χ2n) is 5.72. The Kier molecular flexibility index (Phi) is 6.72. The van der Waals surface area contributed by atoms with Gasteiger partial charge in [-0.3, -0.25) is 9.79 Å². The van der Waals surface area contributed by atoms with Crippen LogP contribution in [-0.2, 0) is 11.2 Å². The van der Waals surface area contributed by atoms with E-state index in [9.17, 15) is 4.79 Å². The first-order valence-electron chi connectivity index (χ1n) is 8.22. The third-order valence-corrected chi connectivity index (χ3v) is 3.46. The van der Waals surface area contributed by atoms with E-state index in [-0.39, 0.29) is 12.5 Å². The molecule has 0 aromatic heterocycles. The van der Waals surface area contributed by atoms with Crippen LogP contribution < -0.4 is 21.1 Å². The van der Waals surface area contributed by atoms with Crippen molar-refractivity contribution >= 4 is 11.9 Å². The lowest BCUT2D eigenvalue weighted by molar-refractivity contribution is -0.123. The molecule has 0 spiro atoms. The Morgan fingerprint density at radius 3 is 2.74 bits per heavy atom. The number of amides is 1. The van der Waals surface area contributed by atoms with Crippen LogP contribution in [0.3, 0.4) is 0 Å². The fourth-order valence-corrected chi connectivity index (χ4v) is 2.02. The number of hydrogen-bond donors (Lipinski definition) is 3. The number of guanidine groups is 1. The summed E-state index contributed by atoms with van der Waals surface area (Å²) >= 11 is 0. The summed E-state index contributed by atoms with van der Waals surface area (Å²) in [5, 5.41) is 5.98. The van der Waals surface area contributed by atoms with Crippen molar-refractivity contribution in [2.45, 2.75) is 38.6 Å². The highest BCUT2D eigenvalue weighted by molar-refractivity contribution is 5.78. The van der Waals surface area contributed by atoms with Crippen LogP contribution in [0.4, 0.5) is 0 Å². The molecule has 2 rings (SSSR count). The Morgan fingerprint density at radius 2 is 2.09 bits per heavy atom. The van der Waals surface area contributed by atoms with Crippen molar-refractivity contribution in [3.8, 4) is 5.75 Å². The van der Waals surface area contributed by atoms with Crippen LogP contribution in [0.25, 0.3) is 0 Å². The van der Waals surface area contributed by atoms with E-state index >= 15 is 0 Å². The molecule has 1 aliphatic carbocycles. The summed E-state index contributed by atoms with van der Waals surface area (Å²) in [6.45, 7) is 3.63. The number of ether oxygens (including phenoxy) is 1. The van der Waals surface area contributed by atoms with E-state index in [1.54, 1.807) is 0 Å². The minimum absolute atomic E-state index is 0.0531. The van der Waals surface area contributed by atoms with Gasteiger partial charge in [-0.1, -0.05) is 19.1 Å². The van der Waals surface area contributed by atoms with Gasteiger partial charge in [0, 0.05) is 19.1 Å². The summed E-state index contributed by atoms with van der Waals surface area (Å²) in [6, 6.07) is 8.13. The molecule has 0 aliphatic heterocycles. The summed E-state index contributed by atoms with van der Waals surface area (Å²) < 4.78 is 5.47. The molecule has 0 unspecified atom stereocenters. The minimum Gasteiger partial charge on any atom is -0.484 e. The predicted octanol–water partition coefficient (Wildman–Crippen LogP) is 1.20. The van der Waals surface area contributed by atoms with E-state index in [2.05, 4.69) is 22.5 Å². The number of carbonyl (C=O) groups excluding carboxylic acids is 1. The van der Waals surface area contributed by atoms with Gasteiger partial charge in [-0.2, -0.15) is 0 Å². The quantitative estimate of drug-likeness (QED) is 0.471. The maximum atomic E-state index is 11.5. The molecular formula is C17H26N4O2. The summed E-state index contributed by atoms with van der Waals surface area (Å²) in [4.78, 5) is 15.7. The number of aliphatic imine (C=N–C) groups is 1. The number of nitrogens with zero attached hydrogens (tertiary/aromatic N) is 1. The van der Waals surface area contributed by atoms with Gasteiger partial charge in [-0.15, -0.1) is 0 Å². The zero-order chi connectivity index (χ0) is 16.5. The van der Waals surface area contributed by atoms with Gasteiger partial charge in [0.25, 0.3) is 5.91 Å². The van der Waals surface area contributed by atoms with E-state index in [4.69, 9.17) is 10.5 Å². The summed E-state index contributed by atoms with van der Waals surface area (Å²) in [5.41, 5.74) is 6.91. The fourth-order valence-electron chi connectivity index (χ4n) is 2.02. The second kappa shape index (κ2) is 9.02. The normalized spacial score (nSPS) is 14.4. The smallest absolute Gasteiger partial charge is 0.258 e. The Bertz CT molecular complexity index is 524. The molecule has 1 saturated carbocycles. The number of rotatable bonds is 9. The molecule has 0 heterocycles. The van der Waals surface area contributed by atoms with E-state index in [0.29, 0.717) is 17.8 Å². The van der Waals surface area contributed by atoms with E-state index in [1.807, 2.05) is 24.3 Å². The summed E-state index contributed by atoms with van der Waals surface area (Å²) in [6.07, 6.45) is 4.01. The van der Waals surface area contributed by atoms with Crippen LogP contribution in [-0.4, -0.2) is 37.6 Å². The second-order valence-corrected chi connectivity index (χ2v) is 5.72. The van der Waals surface area contributed by atoms with Crippen LogP contribution in [0.1, 0.15) is 31.7 Å². The molecule has 0 atom stereocenters. The average Bonchev–Trinajstić information content (AvgIpc) is 3.36. The number of nitrogens with two attached hydrogens (primary N) is 1. The van der Waals surface area contributed by atoms with Crippen molar-refractivity contribution in [1.29, 1.82) is 0 Å². The molecule has 0 bridgehead atoms. The molecule has 126 valence electrons. The highest BCUT2D eigenvalue weighted by atomic mass is 16.5. The van der Waals surface area contributed by atoms with Crippen molar-refractivity contribution < 1.29 is 9.53 Å². The highest BCUT2D eigenvalue weighted by Gasteiger charge is 2.23. The lowest BCUT2D eigenvalue weighted by Crippen LogP contribution is -2.33. The summed E-state index contributed by atoms with van der Waals surface area (Å²) in [7, 11) is 0. The van der Waals surface area contributed by atoms with E-state index < -0.39 is 0 Å². The van der Waals surface area contributed by atoms with Gasteiger partial charge in [0.1, 0.15) is 5.75 Å². The fraction of sp³-hybridized carbons (Fsp3) is 0.529. The Hall–Kier alpha value is -2.24. The molecule has 1 fully saturated rings. The molecule has 1 aromatic carbocycles. The first kappa shape index (κ1) is 17.1. The minimum atomic E-state index is -0.0531. The third kappa shape index (κ3) is 7.04. The van der Waals surface area contributed by atoms with E-state index in [0.717, 1.165) is 38.8 Å². The van der Waals surface area contributed by atoms with Gasteiger partial charge < -0.3 is 21.1 Å². The van der Waals surface area contributed by atoms with Crippen LogP contribution in [0.5, 0.6) is 5.75 Å². The van der Waals surface area contributed by atoms with Crippen molar-refractivity contribution in [1.82, 2.24) is 10.6 Å². The predicted molar refractivity (Wildman–Crippen MR) is 91.6 cm³/mol. The first-order valence-corrected chi connectivity index (χ1v) is 8.22. The molecule has 0 saturated heterocycles. The van der Waals surface area contributed by atoms with Gasteiger partial charge in [-0.05, 0) is 43.4 Å². The van der Waals surface area contributed by atoms with Gasteiger partial charge in [0.2, 0.25) is 0 Å². The zero-order valence-electron chi connectivity index (χ0n) is 13.7. The van der Waals surface area contributed by atoms with E-state index in [1.165, 1.54) is 5.56 Å². The van der Waals surface area contributed by atoms with Gasteiger partial charge >= 0.3 is 0 Å². The Morgan fingerprint density at radius 1 is 1.35 bits per heavy atom. The van der Waals surface area contributed by atoms with Crippen molar-refractivity contribution in [2.75, 3.05) is 19.7 Å². The molecule has 1 aliphatic rings. The SMILES string of the molecule is CCCN=C(N)NCCc1ccc(OCC(=O)NC2CC2)cc1. The van der Waals surface area contributed by atoms with Crippen molar-refractivity contribution in [3.05, 3.63) is 29.8 Å². The Labute approximate surface area is 137 Å². The standard InChI is InChI=1S/C17H26N4O2/c1-2-10-19-17(18)20-11-9-13-3-7-15(8-4-13)23-12-16(22)21-14-5-6-14/h3-4,7-8,14H,2,5-6,9-12H2,1H3,(H,21,22)(H3,18,19,20). The summed E-state index contributed by atoms with van der Waals surface area (Å²) in [5.74, 6) is 1.15. The third-order valence-electron chi connectivity index (χ3n) is 3.46. The Balaban J connectivity index is 1.66. The molecular weight excluding hydrogens is 292 g/mol. The molecule has 4 N–H and O–H groups in total. The van der Waals surface area contributed by atoms with Crippen LogP contribution in [0, 0.1) is 0 Å². The number of nitrogens with one attached hydrogen (secondary N) is 2. The highest BCUT2D eigenvalue weighted by Crippen LogP contribution is 2.18. The van der Waals surface area contributed by atoms with Crippen molar-refractivity contribution in [3.63, 3.8) is 0 Å². The number of benzene rings is 1. The van der Waals surface area contributed by atoms with Crippen molar-refractivity contribution in [2.24, 2.45) is 10.7 Å². The topological polar surface area (TPSA) is 88.7 Å². The average molecular weight is 318 g/mol. The van der Waals surface area contributed by atoms with Crippen LogP contribution >= 0.6 is 0 Å².